The standard InChI is InChI=1S/C19H18BrN3OS/c1-19(2,3)25(24)22-12-15-11-17(20)16-10-14(4-5-18(16)23-15)13-6-8-21-9-7-13/h4-12H,1-3H3/b22-12-. The highest BCUT2D eigenvalue weighted by molar-refractivity contribution is 9.10. The molecule has 2 aromatic heterocycles. The summed E-state index contributed by atoms with van der Waals surface area (Å²) in [6, 6.07) is 12.0. The Kier molecular flexibility index (Phi) is 5.22. The number of fused-ring (bicyclic) bond motifs is 1. The van der Waals surface area contributed by atoms with E-state index in [9.17, 15) is 4.55 Å². The van der Waals surface area contributed by atoms with Crippen LogP contribution in [0.5, 0.6) is 0 Å². The summed E-state index contributed by atoms with van der Waals surface area (Å²) in [7, 11) is 0. The van der Waals surface area contributed by atoms with Crippen LogP contribution >= 0.6 is 15.9 Å². The van der Waals surface area contributed by atoms with Gasteiger partial charge in [0.1, 0.15) is 22.3 Å². The Morgan fingerprint density at radius 1 is 1.08 bits per heavy atom. The summed E-state index contributed by atoms with van der Waals surface area (Å²) in [5.74, 6) is 0. The maximum Gasteiger partial charge on any atom is 0.144 e. The first-order chi connectivity index (χ1) is 11.8. The summed E-state index contributed by atoms with van der Waals surface area (Å²) < 4.78 is 16.7. The molecular weight excluding hydrogens is 398 g/mol. The van der Waals surface area contributed by atoms with Gasteiger partial charge in [-0.25, -0.2) is 4.98 Å². The third kappa shape index (κ3) is 4.26. The van der Waals surface area contributed by atoms with Crippen molar-refractivity contribution in [2.45, 2.75) is 25.5 Å². The van der Waals surface area contributed by atoms with Gasteiger partial charge in [0, 0.05) is 22.3 Å². The second kappa shape index (κ2) is 7.23. The van der Waals surface area contributed by atoms with Crippen molar-refractivity contribution in [3.8, 4) is 11.1 Å². The number of nitrogens with zero attached hydrogens (tertiary/aromatic N) is 3. The van der Waals surface area contributed by atoms with E-state index in [2.05, 4.69) is 36.4 Å². The Morgan fingerprint density at radius 2 is 1.80 bits per heavy atom. The average Bonchev–Trinajstić information content (AvgIpc) is 2.59. The molecule has 25 heavy (non-hydrogen) atoms. The van der Waals surface area contributed by atoms with Crippen molar-refractivity contribution in [2.24, 2.45) is 4.40 Å². The van der Waals surface area contributed by atoms with Gasteiger partial charge in [0.25, 0.3) is 0 Å². The largest absolute Gasteiger partial charge is 0.591 e. The molecule has 0 fully saturated rings. The molecule has 0 N–H and O–H groups in total. The molecule has 3 aromatic rings. The topological polar surface area (TPSA) is 61.2 Å². The number of benzene rings is 1. The van der Waals surface area contributed by atoms with Gasteiger partial charge in [-0.3, -0.25) is 4.98 Å². The van der Waals surface area contributed by atoms with Crippen LogP contribution < -0.4 is 0 Å². The second-order valence-electron chi connectivity index (χ2n) is 6.59. The number of pyridine rings is 2. The highest BCUT2D eigenvalue weighted by Gasteiger charge is 2.25. The van der Waals surface area contributed by atoms with Crippen LogP contribution in [-0.4, -0.2) is 25.5 Å². The van der Waals surface area contributed by atoms with Crippen molar-refractivity contribution in [3.63, 3.8) is 0 Å². The Hall–Kier alpha value is -1.76. The molecule has 0 bridgehead atoms. The van der Waals surface area contributed by atoms with E-state index in [4.69, 9.17) is 0 Å². The fourth-order valence-electron chi connectivity index (χ4n) is 2.25. The number of hydrogen-bond acceptors (Lipinski definition) is 4. The lowest BCUT2D eigenvalue weighted by Gasteiger charge is -2.17. The molecule has 0 aliphatic heterocycles. The molecule has 3 rings (SSSR count). The van der Waals surface area contributed by atoms with E-state index < -0.39 is 11.4 Å². The van der Waals surface area contributed by atoms with Crippen LogP contribution in [-0.2, 0) is 11.4 Å². The van der Waals surface area contributed by atoms with Gasteiger partial charge in [-0.05, 0) is 62.2 Å². The zero-order valence-electron chi connectivity index (χ0n) is 14.2. The summed E-state index contributed by atoms with van der Waals surface area (Å²) in [4.78, 5) is 8.65. The Morgan fingerprint density at radius 3 is 2.48 bits per heavy atom. The van der Waals surface area contributed by atoms with E-state index >= 15 is 0 Å². The summed E-state index contributed by atoms with van der Waals surface area (Å²) >= 11 is 2.31. The third-order valence-electron chi connectivity index (χ3n) is 3.60. The summed E-state index contributed by atoms with van der Waals surface area (Å²) in [5, 5.41) is 1.02. The fourth-order valence-corrected chi connectivity index (χ4v) is 3.33. The number of aromatic nitrogens is 2. The van der Waals surface area contributed by atoms with Gasteiger partial charge in [-0.1, -0.05) is 26.4 Å². The van der Waals surface area contributed by atoms with E-state index in [-0.39, 0.29) is 4.75 Å². The molecule has 4 nitrogen and oxygen atoms in total. The van der Waals surface area contributed by atoms with Crippen molar-refractivity contribution < 1.29 is 4.55 Å². The maximum atomic E-state index is 12.1. The zero-order chi connectivity index (χ0) is 18.0. The highest BCUT2D eigenvalue weighted by atomic mass is 79.9. The summed E-state index contributed by atoms with van der Waals surface area (Å²) in [6.07, 6.45) is 5.13. The molecule has 0 aliphatic rings. The maximum absolute atomic E-state index is 12.1. The van der Waals surface area contributed by atoms with E-state index in [1.54, 1.807) is 18.6 Å². The lowest BCUT2D eigenvalue weighted by Crippen LogP contribution is -2.25. The van der Waals surface area contributed by atoms with Crippen molar-refractivity contribution in [1.82, 2.24) is 9.97 Å². The molecule has 0 radical (unpaired) electrons. The molecule has 0 spiro atoms. The number of hydrogen-bond donors (Lipinski definition) is 0. The minimum absolute atomic E-state index is 0.385. The lowest BCUT2D eigenvalue weighted by atomic mass is 10.0. The first-order valence-corrected chi connectivity index (χ1v) is 9.71. The number of halogens is 1. The average molecular weight is 416 g/mol. The first-order valence-electron chi connectivity index (χ1n) is 7.81. The van der Waals surface area contributed by atoms with Crippen LogP contribution in [0.25, 0.3) is 22.0 Å². The van der Waals surface area contributed by atoms with Crippen molar-refractivity contribution in [1.29, 1.82) is 0 Å². The van der Waals surface area contributed by atoms with Gasteiger partial charge in [0.2, 0.25) is 0 Å². The predicted molar refractivity (Wildman–Crippen MR) is 108 cm³/mol. The minimum atomic E-state index is -1.30. The monoisotopic (exact) mass is 415 g/mol. The van der Waals surface area contributed by atoms with Crippen LogP contribution in [0.2, 0.25) is 0 Å². The zero-order valence-corrected chi connectivity index (χ0v) is 16.6. The molecule has 6 heteroatoms. The second-order valence-corrected chi connectivity index (χ2v) is 9.38. The van der Waals surface area contributed by atoms with Crippen molar-refractivity contribution >= 4 is 44.4 Å². The van der Waals surface area contributed by atoms with E-state index in [1.807, 2.05) is 51.1 Å². The lowest BCUT2D eigenvalue weighted by molar-refractivity contribution is 0.562. The molecule has 0 amide bonds. The molecule has 2 heterocycles. The Labute approximate surface area is 158 Å². The van der Waals surface area contributed by atoms with E-state index in [0.717, 1.165) is 26.5 Å². The van der Waals surface area contributed by atoms with Crippen molar-refractivity contribution in [2.75, 3.05) is 0 Å². The minimum Gasteiger partial charge on any atom is -0.591 e. The summed E-state index contributed by atoms with van der Waals surface area (Å²) in [5.41, 5.74) is 3.74. The molecule has 1 aromatic carbocycles. The van der Waals surface area contributed by atoms with Crippen LogP contribution in [0.15, 0.2) is 57.7 Å². The van der Waals surface area contributed by atoms with Gasteiger partial charge >= 0.3 is 0 Å². The van der Waals surface area contributed by atoms with Crippen LogP contribution in [0.3, 0.4) is 0 Å². The van der Waals surface area contributed by atoms with Gasteiger partial charge < -0.3 is 4.55 Å². The fraction of sp³-hybridized carbons (Fsp3) is 0.211. The van der Waals surface area contributed by atoms with Gasteiger partial charge in [-0.2, -0.15) is 0 Å². The molecule has 0 aliphatic carbocycles. The van der Waals surface area contributed by atoms with Gasteiger partial charge in [0.15, 0.2) is 0 Å². The van der Waals surface area contributed by atoms with Gasteiger partial charge in [0.05, 0.1) is 11.2 Å². The molecule has 0 saturated carbocycles. The van der Waals surface area contributed by atoms with Crippen LogP contribution in [0.1, 0.15) is 26.5 Å². The van der Waals surface area contributed by atoms with E-state index in [0.29, 0.717) is 5.69 Å². The third-order valence-corrected chi connectivity index (χ3v) is 5.60. The first kappa shape index (κ1) is 18.0. The normalized spacial score (nSPS) is 13.5. The molecular formula is C19H18BrN3OS. The Balaban J connectivity index is 1.97. The molecule has 0 saturated heterocycles. The van der Waals surface area contributed by atoms with Crippen LogP contribution in [0, 0.1) is 0 Å². The number of rotatable bonds is 3. The summed E-state index contributed by atoms with van der Waals surface area (Å²) in [6.45, 7) is 5.68. The molecule has 1 unspecified atom stereocenters. The predicted octanol–water partition coefficient (Wildman–Crippen LogP) is 4.94. The smallest absolute Gasteiger partial charge is 0.144 e. The SMILES string of the molecule is CC(C)(C)[S+]([O-])/N=C\c1cc(Br)c2cc(-c3ccncc3)ccc2n1. The molecule has 128 valence electrons. The highest BCUT2D eigenvalue weighted by Crippen LogP contribution is 2.28. The van der Waals surface area contributed by atoms with E-state index in [1.165, 1.54) is 0 Å². The van der Waals surface area contributed by atoms with Crippen molar-refractivity contribution in [3.05, 3.63) is 59.0 Å². The molecule has 1 atom stereocenters. The van der Waals surface area contributed by atoms with Gasteiger partial charge in [-0.15, -0.1) is 0 Å². The van der Waals surface area contributed by atoms with Crippen LogP contribution in [0.4, 0.5) is 0 Å². The Bertz CT molecular complexity index is 923. The quantitative estimate of drug-likeness (QED) is 0.449.